The summed E-state index contributed by atoms with van der Waals surface area (Å²) in [6, 6.07) is -0.373. The number of tetrazole rings is 1. The Labute approximate surface area is 144 Å². The zero-order valence-electron chi connectivity index (χ0n) is 14.2. The number of methoxy groups -OCH3 is 1. The second kappa shape index (κ2) is 7.66. The zero-order chi connectivity index (χ0) is 17.8. The third kappa shape index (κ3) is 3.66. The Morgan fingerprint density at radius 2 is 2.28 bits per heavy atom. The largest absolute Gasteiger partial charge is 0.388 e. The first-order chi connectivity index (χ1) is 12.1. The third-order valence-corrected chi connectivity index (χ3v) is 4.51. The maximum atomic E-state index is 12.2. The molecule has 0 radical (unpaired) electrons. The van der Waals surface area contributed by atoms with Crippen LogP contribution in [0, 0.1) is 0 Å². The number of rotatable bonds is 8. The van der Waals surface area contributed by atoms with Gasteiger partial charge >= 0.3 is 0 Å². The monoisotopic (exact) mass is 350 g/mol. The molecule has 0 aromatic carbocycles. The summed E-state index contributed by atoms with van der Waals surface area (Å²) in [5.74, 6) is 1.46. The van der Waals surface area contributed by atoms with E-state index >= 15 is 0 Å². The molecule has 1 amide bonds. The molecule has 2 heterocycles. The Bertz CT molecular complexity index is 695. The molecule has 0 spiro atoms. The van der Waals surface area contributed by atoms with Gasteiger partial charge in [0.15, 0.2) is 5.82 Å². The number of amides is 1. The Morgan fingerprint density at radius 1 is 1.48 bits per heavy atom. The van der Waals surface area contributed by atoms with E-state index in [0.29, 0.717) is 19.0 Å². The molecule has 2 aromatic rings. The molecular weight excluding hydrogens is 328 g/mol. The van der Waals surface area contributed by atoms with Gasteiger partial charge in [-0.3, -0.25) is 4.79 Å². The standard InChI is InChI=1S/C14H22N8O3/c1-9(22-8-15-19-20-22)14(24)16-11-5-10(6-11)13-18-17-12(7-23)21(13)3-4-25-2/h8-11,23H,3-7H2,1-2H3,(H,16,24)/t9-,10?,11?/m0/s1. The normalized spacial score (nSPS) is 20.9. The first kappa shape index (κ1) is 17.4. The lowest BCUT2D eigenvalue weighted by molar-refractivity contribution is -0.125. The van der Waals surface area contributed by atoms with Crippen LogP contribution in [0.4, 0.5) is 0 Å². The molecule has 11 heteroatoms. The maximum Gasteiger partial charge on any atom is 0.244 e. The molecule has 2 aromatic heterocycles. The van der Waals surface area contributed by atoms with Gasteiger partial charge in [0.1, 0.15) is 24.8 Å². The lowest BCUT2D eigenvalue weighted by Gasteiger charge is -2.35. The van der Waals surface area contributed by atoms with Crippen LogP contribution in [0.25, 0.3) is 0 Å². The number of aromatic nitrogens is 7. The van der Waals surface area contributed by atoms with E-state index in [4.69, 9.17) is 4.74 Å². The molecule has 1 aliphatic carbocycles. The molecule has 2 N–H and O–H groups in total. The highest BCUT2D eigenvalue weighted by Gasteiger charge is 2.36. The van der Waals surface area contributed by atoms with Crippen molar-refractivity contribution in [2.45, 2.75) is 50.9 Å². The molecule has 0 aliphatic heterocycles. The first-order valence-corrected chi connectivity index (χ1v) is 8.18. The van der Waals surface area contributed by atoms with Gasteiger partial charge in [0.05, 0.1) is 6.61 Å². The van der Waals surface area contributed by atoms with Crippen molar-refractivity contribution in [2.75, 3.05) is 13.7 Å². The summed E-state index contributed by atoms with van der Waals surface area (Å²) in [6.45, 7) is 2.71. The van der Waals surface area contributed by atoms with Gasteiger partial charge in [-0.2, -0.15) is 0 Å². The van der Waals surface area contributed by atoms with Crippen LogP contribution in [0.1, 0.15) is 43.4 Å². The summed E-state index contributed by atoms with van der Waals surface area (Å²) >= 11 is 0. The molecule has 11 nitrogen and oxygen atoms in total. The second-order valence-electron chi connectivity index (χ2n) is 6.12. The summed E-state index contributed by atoms with van der Waals surface area (Å²) in [4.78, 5) is 12.2. The third-order valence-electron chi connectivity index (χ3n) is 4.51. The number of nitrogens with zero attached hydrogens (tertiary/aromatic N) is 7. The fraction of sp³-hybridized carbons (Fsp3) is 0.714. The maximum absolute atomic E-state index is 12.2. The van der Waals surface area contributed by atoms with Crippen molar-refractivity contribution in [1.82, 2.24) is 40.3 Å². The number of aliphatic hydroxyl groups excluding tert-OH is 1. The van der Waals surface area contributed by atoms with Crippen molar-refractivity contribution < 1.29 is 14.6 Å². The van der Waals surface area contributed by atoms with Gasteiger partial charge in [0, 0.05) is 25.6 Å². The highest BCUT2D eigenvalue weighted by Crippen LogP contribution is 2.36. The van der Waals surface area contributed by atoms with Crippen LogP contribution in [0.3, 0.4) is 0 Å². The molecule has 1 fully saturated rings. The van der Waals surface area contributed by atoms with E-state index in [0.717, 1.165) is 18.7 Å². The van der Waals surface area contributed by atoms with Gasteiger partial charge < -0.3 is 19.7 Å². The van der Waals surface area contributed by atoms with Crippen molar-refractivity contribution in [2.24, 2.45) is 0 Å². The fourth-order valence-electron chi connectivity index (χ4n) is 2.93. The Morgan fingerprint density at radius 3 is 2.92 bits per heavy atom. The van der Waals surface area contributed by atoms with Crippen LogP contribution in [-0.4, -0.2) is 65.7 Å². The van der Waals surface area contributed by atoms with E-state index in [-0.39, 0.29) is 24.5 Å². The summed E-state index contributed by atoms with van der Waals surface area (Å²) in [7, 11) is 1.63. The van der Waals surface area contributed by atoms with E-state index in [1.165, 1.54) is 11.0 Å². The van der Waals surface area contributed by atoms with E-state index in [2.05, 4.69) is 31.0 Å². The van der Waals surface area contributed by atoms with Gasteiger partial charge in [-0.05, 0) is 30.2 Å². The first-order valence-electron chi connectivity index (χ1n) is 8.18. The van der Waals surface area contributed by atoms with Crippen molar-refractivity contribution in [1.29, 1.82) is 0 Å². The van der Waals surface area contributed by atoms with Gasteiger partial charge in [0.2, 0.25) is 5.91 Å². The van der Waals surface area contributed by atoms with E-state index in [1.54, 1.807) is 14.0 Å². The number of hydrogen-bond acceptors (Lipinski definition) is 8. The number of aliphatic hydroxyl groups is 1. The van der Waals surface area contributed by atoms with Crippen molar-refractivity contribution in [3.8, 4) is 0 Å². The predicted molar refractivity (Wildman–Crippen MR) is 84.3 cm³/mol. The number of nitrogens with one attached hydrogen (secondary N) is 1. The highest BCUT2D eigenvalue weighted by molar-refractivity contribution is 5.80. The lowest BCUT2D eigenvalue weighted by atomic mass is 9.79. The molecule has 25 heavy (non-hydrogen) atoms. The Balaban J connectivity index is 1.56. The molecule has 3 rings (SSSR count). The molecular formula is C14H22N8O3. The number of ether oxygens (including phenoxy) is 1. The zero-order valence-corrected chi connectivity index (χ0v) is 14.2. The summed E-state index contributed by atoms with van der Waals surface area (Å²) in [5.41, 5.74) is 0. The van der Waals surface area contributed by atoms with E-state index < -0.39 is 6.04 Å². The smallest absolute Gasteiger partial charge is 0.244 e. The number of hydrogen-bond donors (Lipinski definition) is 2. The van der Waals surface area contributed by atoms with Crippen LogP contribution < -0.4 is 5.32 Å². The van der Waals surface area contributed by atoms with Crippen molar-refractivity contribution >= 4 is 5.91 Å². The molecule has 1 aliphatic rings. The topological polar surface area (TPSA) is 133 Å². The van der Waals surface area contributed by atoms with Crippen LogP contribution in [-0.2, 0) is 22.7 Å². The average molecular weight is 350 g/mol. The summed E-state index contributed by atoms with van der Waals surface area (Å²) in [6.07, 6.45) is 2.98. The summed E-state index contributed by atoms with van der Waals surface area (Å²) < 4.78 is 8.42. The molecule has 0 bridgehead atoms. The molecule has 0 unspecified atom stereocenters. The van der Waals surface area contributed by atoms with Crippen LogP contribution in [0.2, 0.25) is 0 Å². The van der Waals surface area contributed by atoms with Gasteiger partial charge in [-0.15, -0.1) is 15.3 Å². The highest BCUT2D eigenvalue weighted by atomic mass is 16.5. The van der Waals surface area contributed by atoms with Crippen molar-refractivity contribution in [3.63, 3.8) is 0 Å². The van der Waals surface area contributed by atoms with Crippen LogP contribution in [0.15, 0.2) is 6.33 Å². The molecule has 1 saturated carbocycles. The quantitative estimate of drug-likeness (QED) is 0.621. The summed E-state index contributed by atoms with van der Waals surface area (Å²) in [5, 5.41) is 31.4. The fourth-order valence-corrected chi connectivity index (χ4v) is 2.93. The van der Waals surface area contributed by atoms with E-state index in [9.17, 15) is 9.90 Å². The number of carbonyl (C=O) groups excluding carboxylic acids is 1. The SMILES string of the molecule is COCCn1c(CO)nnc1C1CC(NC(=O)[C@H](C)n2cnnn2)C1. The molecule has 1 atom stereocenters. The second-order valence-corrected chi connectivity index (χ2v) is 6.12. The van der Waals surface area contributed by atoms with Crippen LogP contribution in [0.5, 0.6) is 0 Å². The van der Waals surface area contributed by atoms with Gasteiger partial charge in [-0.25, -0.2) is 4.68 Å². The van der Waals surface area contributed by atoms with Gasteiger partial charge in [-0.1, -0.05) is 0 Å². The minimum Gasteiger partial charge on any atom is -0.388 e. The molecule has 0 saturated heterocycles. The van der Waals surface area contributed by atoms with Gasteiger partial charge in [0.25, 0.3) is 0 Å². The predicted octanol–water partition coefficient (Wildman–Crippen LogP) is -0.973. The Kier molecular flexibility index (Phi) is 5.34. The minimum absolute atomic E-state index is 0.0848. The number of carbonyl (C=O) groups is 1. The lowest BCUT2D eigenvalue weighted by Crippen LogP contribution is -2.46. The van der Waals surface area contributed by atoms with E-state index in [1.807, 2.05) is 4.57 Å². The van der Waals surface area contributed by atoms with Crippen LogP contribution >= 0.6 is 0 Å². The Hall–Kier alpha value is -2.40. The van der Waals surface area contributed by atoms with Crippen molar-refractivity contribution in [3.05, 3.63) is 18.0 Å². The molecule has 136 valence electrons. The minimum atomic E-state index is -0.458. The average Bonchev–Trinajstić information content (AvgIpc) is 3.24.